The fourth-order valence-electron chi connectivity index (χ4n) is 3.25. The molecule has 36 heavy (non-hydrogen) atoms. The molecule has 3 aromatic rings. The van der Waals surface area contributed by atoms with Gasteiger partial charge in [-0.1, -0.05) is 6.92 Å². The highest BCUT2D eigenvalue weighted by molar-refractivity contribution is 7.84. The summed E-state index contributed by atoms with van der Waals surface area (Å²) in [7, 11) is 2.79. The first-order valence-corrected chi connectivity index (χ1v) is 12.3. The third-order valence-electron chi connectivity index (χ3n) is 5.07. The summed E-state index contributed by atoms with van der Waals surface area (Å²) >= 11 is 0. The van der Waals surface area contributed by atoms with Crippen molar-refractivity contribution in [3.05, 3.63) is 65.6 Å². The van der Waals surface area contributed by atoms with Crippen LogP contribution in [0.15, 0.2) is 53.8 Å². The van der Waals surface area contributed by atoms with Gasteiger partial charge in [0.15, 0.2) is 0 Å². The van der Waals surface area contributed by atoms with Crippen LogP contribution in [0.2, 0.25) is 0 Å². The van der Waals surface area contributed by atoms with E-state index >= 15 is 0 Å². The number of benzene rings is 1. The van der Waals surface area contributed by atoms with Crippen molar-refractivity contribution in [3.8, 4) is 17.2 Å². The highest BCUT2D eigenvalue weighted by Crippen LogP contribution is 2.35. The average Bonchev–Trinajstić information content (AvgIpc) is 2.91. The number of hydrogen-bond donors (Lipinski definition) is 1. The number of amides is 1. The second-order valence-corrected chi connectivity index (χ2v) is 8.73. The van der Waals surface area contributed by atoms with Gasteiger partial charge in [-0.05, 0) is 24.3 Å². The zero-order valence-electron chi connectivity index (χ0n) is 20.4. The molecule has 1 aromatic carbocycles. The summed E-state index contributed by atoms with van der Waals surface area (Å²) in [5, 5.41) is 2.87. The second kappa shape index (κ2) is 12.6. The number of nitrogens with one attached hydrogen (secondary N) is 1. The lowest BCUT2D eigenvalue weighted by Crippen LogP contribution is -2.17. The number of pyridine rings is 2. The highest BCUT2D eigenvalue weighted by atomic mass is 32.2. The zero-order chi connectivity index (χ0) is 26.1. The monoisotopic (exact) mass is 513 g/mol. The molecule has 0 aliphatic rings. The molecule has 0 aliphatic carbocycles. The number of anilines is 1. The van der Waals surface area contributed by atoms with E-state index in [4.69, 9.17) is 18.9 Å². The topological polar surface area (TPSA) is 126 Å². The van der Waals surface area contributed by atoms with Gasteiger partial charge in [0.2, 0.25) is 0 Å². The van der Waals surface area contributed by atoms with Gasteiger partial charge in [0.25, 0.3) is 5.91 Å². The van der Waals surface area contributed by atoms with Crippen molar-refractivity contribution in [1.29, 1.82) is 0 Å². The van der Waals surface area contributed by atoms with E-state index in [9.17, 15) is 13.8 Å². The van der Waals surface area contributed by atoms with Crippen molar-refractivity contribution in [1.82, 2.24) is 9.97 Å². The lowest BCUT2D eigenvalue weighted by Gasteiger charge is -2.15. The Morgan fingerprint density at radius 1 is 0.972 bits per heavy atom. The summed E-state index contributed by atoms with van der Waals surface area (Å²) in [4.78, 5) is 32.9. The number of ether oxygens (including phenoxy) is 4. The van der Waals surface area contributed by atoms with Gasteiger partial charge < -0.3 is 24.3 Å². The Morgan fingerprint density at radius 3 is 2.33 bits per heavy atom. The molecule has 3 rings (SSSR count). The van der Waals surface area contributed by atoms with E-state index in [1.165, 1.54) is 33.7 Å². The zero-order valence-corrected chi connectivity index (χ0v) is 21.2. The van der Waals surface area contributed by atoms with Crippen LogP contribution in [-0.4, -0.2) is 47.4 Å². The second-order valence-electron chi connectivity index (χ2n) is 7.36. The molecule has 0 bridgehead atoms. The maximum atomic E-state index is 13.4. The van der Waals surface area contributed by atoms with Gasteiger partial charge in [-0.2, -0.15) is 0 Å². The molecule has 0 saturated carbocycles. The van der Waals surface area contributed by atoms with E-state index in [0.29, 0.717) is 34.2 Å². The average molecular weight is 514 g/mol. The van der Waals surface area contributed by atoms with Crippen LogP contribution in [0.25, 0.3) is 0 Å². The van der Waals surface area contributed by atoms with Crippen LogP contribution in [0.5, 0.6) is 17.2 Å². The van der Waals surface area contributed by atoms with E-state index in [0.717, 1.165) is 0 Å². The normalized spacial score (nSPS) is 11.3. The molecule has 2 heterocycles. The van der Waals surface area contributed by atoms with Crippen LogP contribution in [0.4, 0.5) is 5.69 Å². The Kier molecular flexibility index (Phi) is 9.34. The standard InChI is InChI=1S/C25H27N3O7S/c1-5-23(29)35-14-17-11-16(8-10-26-17)28-24(30)19-7-6-9-27-25(19)36(31)15-20-21(33-3)12-18(32-2)13-22(20)34-4/h6-13H,5,14-15H2,1-4H3,(H,26,28,30). The Morgan fingerprint density at radius 2 is 1.69 bits per heavy atom. The van der Waals surface area contributed by atoms with Crippen molar-refractivity contribution in [2.24, 2.45) is 0 Å². The number of methoxy groups -OCH3 is 3. The first kappa shape index (κ1) is 26.6. The van der Waals surface area contributed by atoms with E-state index in [-0.39, 0.29) is 35.3 Å². The Bertz CT molecular complexity index is 1240. The molecule has 2 aromatic heterocycles. The molecule has 0 aliphatic heterocycles. The Hall–Kier alpha value is -3.99. The Balaban J connectivity index is 1.82. The van der Waals surface area contributed by atoms with Gasteiger partial charge in [-0.3, -0.25) is 18.8 Å². The number of carbonyl (C=O) groups is 2. The summed E-state index contributed by atoms with van der Waals surface area (Å²) in [5.41, 5.74) is 1.62. The molecule has 10 nitrogen and oxygen atoms in total. The van der Waals surface area contributed by atoms with Crippen LogP contribution >= 0.6 is 0 Å². The van der Waals surface area contributed by atoms with Crippen molar-refractivity contribution >= 4 is 28.4 Å². The largest absolute Gasteiger partial charge is 0.496 e. The molecule has 11 heteroatoms. The minimum absolute atomic E-state index is 0.00413. The maximum absolute atomic E-state index is 13.4. The molecule has 1 unspecified atom stereocenters. The number of esters is 1. The summed E-state index contributed by atoms with van der Waals surface area (Å²) in [5.74, 6) is 0.554. The van der Waals surface area contributed by atoms with Crippen LogP contribution in [0.3, 0.4) is 0 Å². The van der Waals surface area contributed by atoms with Gasteiger partial charge in [0.1, 0.15) is 28.9 Å². The molecule has 0 saturated heterocycles. The number of rotatable bonds is 11. The SMILES string of the molecule is CCC(=O)OCc1cc(NC(=O)c2cccnc2S(=O)Cc2c(OC)cc(OC)cc2OC)ccn1. The fraction of sp³-hybridized carbons (Fsp3) is 0.280. The van der Waals surface area contributed by atoms with Gasteiger partial charge in [0, 0.05) is 42.2 Å². The summed E-state index contributed by atoms with van der Waals surface area (Å²) in [6.45, 7) is 1.69. The number of carbonyl (C=O) groups excluding carboxylic acids is 2. The van der Waals surface area contributed by atoms with Gasteiger partial charge in [0.05, 0.1) is 49.1 Å². The highest BCUT2D eigenvalue weighted by Gasteiger charge is 2.22. The van der Waals surface area contributed by atoms with Crippen LogP contribution in [-0.2, 0) is 32.7 Å². The predicted molar refractivity (Wildman–Crippen MR) is 133 cm³/mol. The fourth-order valence-corrected chi connectivity index (χ4v) is 4.52. The molecular formula is C25H27N3O7S. The third kappa shape index (κ3) is 6.57. The molecule has 190 valence electrons. The quantitative estimate of drug-likeness (QED) is 0.383. The molecule has 0 spiro atoms. The third-order valence-corrected chi connectivity index (χ3v) is 6.38. The first-order valence-electron chi connectivity index (χ1n) is 10.9. The molecule has 0 fully saturated rings. The smallest absolute Gasteiger partial charge is 0.305 e. The molecular weight excluding hydrogens is 486 g/mol. The van der Waals surface area contributed by atoms with E-state index in [1.54, 1.807) is 43.3 Å². The van der Waals surface area contributed by atoms with Gasteiger partial charge >= 0.3 is 5.97 Å². The maximum Gasteiger partial charge on any atom is 0.305 e. The van der Waals surface area contributed by atoms with E-state index < -0.39 is 16.7 Å². The van der Waals surface area contributed by atoms with E-state index in [2.05, 4.69) is 15.3 Å². The number of hydrogen-bond acceptors (Lipinski definition) is 9. The van der Waals surface area contributed by atoms with Gasteiger partial charge in [-0.15, -0.1) is 0 Å². The summed E-state index contributed by atoms with van der Waals surface area (Å²) in [6.07, 6.45) is 3.22. The van der Waals surface area contributed by atoms with Crippen LogP contribution in [0.1, 0.15) is 35.0 Å². The predicted octanol–water partition coefficient (Wildman–Crippen LogP) is 3.52. The molecule has 1 N–H and O–H groups in total. The Labute approximate surface area is 211 Å². The van der Waals surface area contributed by atoms with Gasteiger partial charge in [-0.25, -0.2) is 4.98 Å². The first-order chi connectivity index (χ1) is 17.4. The summed E-state index contributed by atoms with van der Waals surface area (Å²) in [6, 6.07) is 9.67. The molecule has 1 amide bonds. The molecule has 0 radical (unpaired) electrons. The van der Waals surface area contributed by atoms with Crippen LogP contribution < -0.4 is 19.5 Å². The minimum atomic E-state index is -1.71. The number of nitrogens with zero attached hydrogens (tertiary/aromatic N) is 2. The lowest BCUT2D eigenvalue weighted by molar-refractivity contribution is -0.144. The van der Waals surface area contributed by atoms with E-state index in [1.807, 2.05) is 0 Å². The number of aromatic nitrogens is 2. The van der Waals surface area contributed by atoms with Crippen molar-refractivity contribution < 1.29 is 32.7 Å². The minimum Gasteiger partial charge on any atom is -0.496 e. The molecule has 1 atom stereocenters. The van der Waals surface area contributed by atoms with Crippen molar-refractivity contribution in [2.45, 2.75) is 30.7 Å². The van der Waals surface area contributed by atoms with Crippen LogP contribution in [0, 0.1) is 0 Å². The summed E-state index contributed by atoms with van der Waals surface area (Å²) < 4.78 is 34.6. The lowest BCUT2D eigenvalue weighted by atomic mass is 10.2. The van der Waals surface area contributed by atoms with Crippen molar-refractivity contribution in [3.63, 3.8) is 0 Å². The van der Waals surface area contributed by atoms with Crippen molar-refractivity contribution in [2.75, 3.05) is 26.6 Å².